The van der Waals surface area contributed by atoms with Gasteiger partial charge in [-0.3, -0.25) is 10.2 Å². The number of hydrogen-bond acceptors (Lipinski definition) is 7. The third kappa shape index (κ3) is 3.68. The molecule has 0 radical (unpaired) electrons. The van der Waals surface area contributed by atoms with E-state index in [9.17, 15) is 19.7 Å². The van der Waals surface area contributed by atoms with Crippen LogP contribution in [0.15, 0.2) is 23.6 Å². The average molecular weight is 374 g/mol. The molecule has 1 aromatic carbocycles. The Morgan fingerprint density at radius 1 is 1.50 bits per heavy atom. The van der Waals surface area contributed by atoms with E-state index in [-0.39, 0.29) is 35.9 Å². The Morgan fingerprint density at radius 3 is 2.92 bits per heavy atom. The van der Waals surface area contributed by atoms with Gasteiger partial charge in [-0.1, -0.05) is 12.1 Å². The molecule has 1 amide bonds. The summed E-state index contributed by atoms with van der Waals surface area (Å²) in [7, 11) is -1.37. The molecule has 1 aromatic heterocycles. The molecule has 2 heterocycles. The normalized spacial score (nSPS) is 15.7. The maximum atomic E-state index is 12.2. The number of rotatable bonds is 5. The van der Waals surface area contributed by atoms with Gasteiger partial charge in [0.1, 0.15) is 5.75 Å². The number of carboxylic acids is 1. The number of hydrogen-bond donors (Lipinski definition) is 5. The maximum absolute atomic E-state index is 12.2. The highest BCUT2D eigenvalue weighted by molar-refractivity contribution is 7.11. The summed E-state index contributed by atoms with van der Waals surface area (Å²) in [5.41, 5.74) is 6.37. The Bertz CT molecular complexity index is 887. The number of nitrogens with zero attached hydrogens (tertiary/aromatic N) is 1. The minimum atomic E-state index is -1.37. The number of carbonyl (C=O) groups excluding carboxylic acids is 1. The molecule has 1 aliphatic heterocycles. The smallest absolute Gasteiger partial charge is 0.534 e. The summed E-state index contributed by atoms with van der Waals surface area (Å²) in [6.07, 6.45) is 0.203. The fraction of sp³-hybridized carbons (Fsp3) is 0.200. The number of carbonyl (C=O) groups is 2. The highest BCUT2D eigenvalue weighted by Crippen LogP contribution is 2.30. The Kier molecular flexibility index (Phi) is 4.91. The monoisotopic (exact) mass is 374 g/mol. The number of para-hydroxylation sites is 1. The fourth-order valence-corrected chi connectivity index (χ4v) is 3.33. The van der Waals surface area contributed by atoms with Crippen molar-refractivity contribution in [2.75, 3.05) is 0 Å². The third-order valence-corrected chi connectivity index (χ3v) is 4.74. The summed E-state index contributed by atoms with van der Waals surface area (Å²) in [5, 5.41) is 31.3. The number of aromatic carboxylic acids is 1. The molecule has 0 bridgehead atoms. The van der Waals surface area contributed by atoms with Gasteiger partial charge in [0.05, 0.1) is 23.6 Å². The molecule has 134 valence electrons. The molecule has 0 spiro atoms. The second-order valence-electron chi connectivity index (χ2n) is 5.72. The topological polar surface area (TPSA) is 159 Å². The van der Waals surface area contributed by atoms with E-state index in [0.29, 0.717) is 16.3 Å². The molecule has 0 saturated heterocycles. The average Bonchev–Trinajstić information content (AvgIpc) is 3.03. The number of nitrogens with one attached hydrogen (secondary N) is 2. The zero-order chi connectivity index (χ0) is 18.8. The van der Waals surface area contributed by atoms with E-state index in [0.717, 1.165) is 0 Å². The number of fused-ring (bicyclic) bond motifs is 1. The van der Waals surface area contributed by atoms with Crippen molar-refractivity contribution in [1.29, 1.82) is 5.41 Å². The molecular formula is C15H15BN4O5S. The molecule has 0 unspecified atom stereocenters. The predicted octanol–water partition coefficient (Wildman–Crippen LogP) is -0.193. The van der Waals surface area contributed by atoms with Crippen LogP contribution in [0.1, 0.15) is 26.6 Å². The summed E-state index contributed by atoms with van der Waals surface area (Å²) in [6, 6.07) is 4.66. The molecule has 6 N–H and O–H groups in total. The van der Waals surface area contributed by atoms with Gasteiger partial charge in [0.25, 0.3) is 0 Å². The van der Waals surface area contributed by atoms with E-state index in [1.807, 2.05) is 0 Å². The van der Waals surface area contributed by atoms with Crippen LogP contribution >= 0.6 is 11.3 Å². The molecule has 3 rings (SSSR count). The molecule has 2 aromatic rings. The standard InChI is InChI=1S/C15H15BN4O5S/c17-13(18)14-19-8(6-26-14)5-11(21)20-10-4-7-2-1-3-9(15(22)23)12(7)25-16(10)24/h1-3,6,10,24H,4-5H2,(H3,17,18)(H,20,21)(H,22,23)/t10-/m0/s1. The largest absolute Gasteiger partial charge is 0.547 e. The lowest BCUT2D eigenvalue weighted by Crippen LogP contribution is -2.53. The zero-order valence-corrected chi connectivity index (χ0v) is 14.2. The minimum Gasteiger partial charge on any atom is -0.534 e. The second kappa shape index (κ2) is 7.14. The number of nitrogens with two attached hydrogens (primary N) is 1. The van der Waals surface area contributed by atoms with Crippen molar-refractivity contribution in [2.24, 2.45) is 5.73 Å². The third-order valence-electron chi connectivity index (χ3n) is 3.82. The van der Waals surface area contributed by atoms with Crippen molar-refractivity contribution in [1.82, 2.24) is 10.3 Å². The predicted molar refractivity (Wildman–Crippen MR) is 94.5 cm³/mol. The summed E-state index contributed by atoms with van der Waals surface area (Å²) < 4.78 is 5.33. The van der Waals surface area contributed by atoms with E-state index < -0.39 is 19.0 Å². The summed E-state index contributed by atoms with van der Waals surface area (Å²) in [6.45, 7) is 0. The van der Waals surface area contributed by atoms with E-state index in [1.54, 1.807) is 17.5 Å². The van der Waals surface area contributed by atoms with Crippen LogP contribution in [0.3, 0.4) is 0 Å². The van der Waals surface area contributed by atoms with Gasteiger partial charge >= 0.3 is 13.1 Å². The summed E-state index contributed by atoms with van der Waals surface area (Å²) >= 11 is 1.17. The lowest BCUT2D eigenvalue weighted by atomic mass is 9.72. The summed E-state index contributed by atoms with van der Waals surface area (Å²) in [4.78, 5) is 27.5. The van der Waals surface area contributed by atoms with Crippen molar-refractivity contribution in [2.45, 2.75) is 18.8 Å². The lowest BCUT2D eigenvalue weighted by molar-refractivity contribution is -0.120. The SMILES string of the molecule is N=C(N)c1nc(CC(=O)N[C@H]2Cc3cccc(C(=O)O)c3OB2O)cs1. The van der Waals surface area contributed by atoms with Gasteiger partial charge in [0, 0.05) is 5.38 Å². The molecule has 9 nitrogen and oxygen atoms in total. The van der Waals surface area contributed by atoms with Crippen LogP contribution in [-0.4, -0.2) is 45.9 Å². The van der Waals surface area contributed by atoms with Gasteiger partial charge in [0.15, 0.2) is 10.8 Å². The van der Waals surface area contributed by atoms with Crippen LogP contribution in [0.25, 0.3) is 0 Å². The Hall–Kier alpha value is -2.92. The number of thiazole rings is 1. The molecule has 1 atom stereocenters. The van der Waals surface area contributed by atoms with Crippen LogP contribution in [0.5, 0.6) is 5.75 Å². The number of amidine groups is 1. The van der Waals surface area contributed by atoms with Crippen molar-refractivity contribution >= 4 is 36.2 Å². The lowest BCUT2D eigenvalue weighted by Gasteiger charge is -2.28. The first-order valence-corrected chi connectivity index (χ1v) is 8.51. The highest BCUT2D eigenvalue weighted by atomic mass is 32.1. The van der Waals surface area contributed by atoms with Crippen molar-refractivity contribution in [3.8, 4) is 5.75 Å². The molecule has 0 aliphatic carbocycles. The number of carboxylic acid groups (broad SMARTS) is 1. The van der Waals surface area contributed by atoms with Gasteiger partial charge in [-0.25, -0.2) is 9.78 Å². The molecule has 11 heteroatoms. The Morgan fingerprint density at radius 2 is 2.27 bits per heavy atom. The first kappa shape index (κ1) is 17.9. The summed E-state index contributed by atoms with van der Waals surface area (Å²) in [5.74, 6) is -2.30. The molecule has 26 heavy (non-hydrogen) atoms. The van der Waals surface area contributed by atoms with Crippen LogP contribution in [-0.2, 0) is 17.6 Å². The second-order valence-corrected chi connectivity index (χ2v) is 6.58. The number of nitrogen functional groups attached to an aromatic ring is 1. The maximum Gasteiger partial charge on any atom is 0.547 e. The highest BCUT2D eigenvalue weighted by Gasteiger charge is 2.37. The van der Waals surface area contributed by atoms with E-state index in [1.165, 1.54) is 17.4 Å². The zero-order valence-electron chi connectivity index (χ0n) is 13.4. The van der Waals surface area contributed by atoms with Crippen LogP contribution in [0.4, 0.5) is 0 Å². The Balaban J connectivity index is 1.68. The van der Waals surface area contributed by atoms with E-state index >= 15 is 0 Å². The molecule has 0 fully saturated rings. The molecular weight excluding hydrogens is 359 g/mol. The molecule has 0 saturated carbocycles. The van der Waals surface area contributed by atoms with Crippen molar-refractivity contribution < 1.29 is 24.4 Å². The molecule has 1 aliphatic rings. The van der Waals surface area contributed by atoms with Gasteiger partial charge in [0.2, 0.25) is 5.91 Å². The van der Waals surface area contributed by atoms with Crippen LogP contribution < -0.4 is 15.7 Å². The van der Waals surface area contributed by atoms with Crippen molar-refractivity contribution in [3.63, 3.8) is 0 Å². The van der Waals surface area contributed by atoms with Gasteiger partial charge in [-0.15, -0.1) is 11.3 Å². The number of amides is 1. The van der Waals surface area contributed by atoms with E-state index in [2.05, 4.69) is 10.3 Å². The minimum absolute atomic E-state index is 0.0327. The van der Waals surface area contributed by atoms with Crippen molar-refractivity contribution in [3.05, 3.63) is 45.4 Å². The number of aromatic nitrogens is 1. The van der Waals surface area contributed by atoms with Gasteiger partial charge in [-0.2, -0.15) is 0 Å². The Labute approximate surface area is 152 Å². The number of benzene rings is 1. The van der Waals surface area contributed by atoms with Gasteiger partial charge in [-0.05, 0) is 18.1 Å². The quantitative estimate of drug-likeness (QED) is 0.275. The first-order valence-electron chi connectivity index (χ1n) is 7.63. The van der Waals surface area contributed by atoms with Crippen LogP contribution in [0.2, 0.25) is 0 Å². The van der Waals surface area contributed by atoms with Gasteiger partial charge < -0.3 is 25.8 Å². The fourth-order valence-electron chi connectivity index (χ4n) is 2.65. The first-order chi connectivity index (χ1) is 12.3. The van der Waals surface area contributed by atoms with Crippen LogP contribution in [0, 0.1) is 5.41 Å². The van der Waals surface area contributed by atoms with E-state index in [4.69, 9.17) is 15.8 Å².